The summed E-state index contributed by atoms with van der Waals surface area (Å²) in [7, 11) is 2.87. The van der Waals surface area contributed by atoms with E-state index in [2.05, 4.69) is 0 Å². The van der Waals surface area contributed by atoms with Gasteiger partial charge in [0.05, 0.1) is 19.8 Å². The molecule has 2 rings (SSSR count). The molecule has 0 saturated heterocycles. The average Bonchev–Trinajstić information content (AvgIpc) is 2.42. The van der Waals surface area contributed by atoms with E-state index in [1.54, 1.807) is 13.8 Å². The molecule has 1 aromatic carbocycles. The minimum Gasteiger partial charge on any atom is -0.496 e. The molecule has 0 saturated carbocycles. The van der Waals surface area contributed by atoms with Crippen LogP contribution in [0.1, 0.15) is 42.8 Å². The van der Waals surface area contributed by atoms with E-state index in [4.69, 9.17) is 14.2 Å². The number of carbonyl (C=O) groups is 1. The van der Waals surface area contributed by atoms with Crippen LogP contribution in [0.2, 0.25) is 0 Å². The number of ketones is 1. The molecule has 6 nitrogen and oxygen atoms in total. The molecular weight excluding hydrogens is 276 g/mol. The van der Waals surface area contributed by atoms with E-state index >= 15 is 0 Å². The fourth-order valence-electron chi connectivity index (χ4n) is 2.54. The molecule has 21 heavy (non-hydrogen) atoms. The highest BCUT2D eigenvalue weighted by molar-refractivity contribution is 6.00. The maximum Gasteiger partial charge on any atom is 0.167 e. The third-order valence-corrected chi connectivity index (χ3v) is 3.71. The summed E-state index contributed by atoms with van der Waals surface area (Å²) in [5, 5.41) is 20.6. The molecule has 1 aliphatic heterocycles. The Morgan fingerprint density at radius 2 is 1.81 bits per heavy atom. The van der Waals surface area contributed by atoms with Gasteiger partial charge in [-0.15, -0.1) is 0 Å². The highest BCUT2D eigenvalue weighted by Crippen LogP contribution is 2.49. The molecule has 0 radical (unpaired) electrons. The Morgan fingerprint density at radius 1 is 1.24 bits per heavy atom. The van der Waals surface area contributed by atoms with E-state index in [0.717, 1.165) is 0 Å². The smallest absolute Gasteiger partial charge is 0.167 e. The number of fused-ring (bicyclic) bond motifs is 1. The number of aliphatic hydroxyl groups is 2. The molecule has 1 aromatic rings. The zero-order valence-electron chi connectivity index (χ0n) is 12.8. The van der Waals surface area contributed by atoms with Crippen molar-refractivity contribution in [3.63, 3.8) is 0 Å². The first-order chi connectivity index (χ1) is 9.74. The molecule has 0 fully saturated rings. The first kappa shape index (κ1) is 15.6. The van der Waals surface area contributed by atoms with Gasteiger partial charge >= 0.3 is 0 Å². The summed E-state index contributed by atoms with van der Waals surface area (Å²) in [6.07, 6.45) is -2.37. The predicted octanol–water partition coefficient (Wildman–Crippen LogP) is 1.47. The standard InChI is InChI=1S/C15H20O6/c1-7(16)10-8(19-4)6-9(20-5)11-12(17)14(18)15(2,3)21-13(10)11/h6,12,14,17-18H,1-5H3. The Hall–Kier alpha value is -1.79. The van der Waals surface area contributed by atoms with E-state index < -0.39 is 17.8 Å². The number of methoxy groups -OCH3 is 2. The van der Waals surface area contributed by atoms with Crippen molar-refractivity contribution in [2.24, 2.45) is 0 Å². The third-order valence-electron chi connectivity index (χ3n) is 3.71. The van der Waals surface area contributed by atoms with Crippen LogP contribution >= 0.6 is 0 Å². The van der Waals surface area contributed by atoms with Gasteiger partial charge in [0, 0.05) is 6.07 Å². The maximum absolute atomic E-state index is 12.0. The van der Waals surface area contributed by atoms with Crippen LogP contribution in [0.15, 0.2) is 6.07 Å². The van der Waals surface area contributed by atoms with Gasteiger partial charge in [-0.25, -0.2) is 0 Å². The largest absolute Gasteiger partial charge is 0.496 e. The second kappa shape index (κ2) is 5.20. The Morgan fingerprint density at radius 3 is 2.29 bits per heavy atom. The first-order valence-corrected chi connectivity index (χ1v) is 6.59. The number of carbonyl (C=O) groups excluding carboxylic acids is 1. The molecule has 116 valence electrons. The third kappa shape index (κ3) is 2.34. The number of hydrogen-bond acceptors (Lipinski definition) is 6. The van der Waals surface area contributed by atoms with Gasteiger partial charge in [-0.2, -0.15) is 0 Å². The number of aliphatic hydroxyl groups excluding tert-OH is 2. The minimum atomic E-state index is -1.22. The summed E-state index contributed by atoms with van der Waals surface area (Å²) < 4.78 is 16.2. The van der Waals surface area contributed by atoms with Gasteiger partial charge in [-0.05, 0) is 20.8 Å². The highest BCUT2D eigenvalue weighted by Gasteiger charge is 2.45. The summed E-state index contributed by atoms with van der Waals surface area (Å²) in [6.45, 7) is 4.66. The lowest BCUT2D eigenvalue weighted by Crippen LogP contribution is -2.49. The van der Waals surface area contributed by atoms with Crippen molar-refractivity contribution in [2.45, 2.75) is 38.6 Å². The maximum atomic E-state index is 12.0. The molecule has 2 unspecified atom stereocenters. The molecule has 0 amide bonds. The predicted molar refractivity (Wildman–Crippen MR) is 75.2 cm³/mol. The molecular formula is C15H20O6. The lowest BCUT2D eigenvalue weighted by molar-refractivity contribution is -0.112. The van der Waals surface area contributed by atoms with Crippen LogP contribution in [-0.4, -0.2) is 41.9 Å². The molecule has 0 spiro atoms. The van der Waals surface area contributed by atoms with Crippen molar-refractivity contribution >= 4 is 5.78 Å². The normalized spacial score (nSPS) is 23.0. The van der Waals surface area contributed by atoms with Crippen LogP contribution in [-0.2, 0) is 0 Å². The summed E-state index contributed by atoms with van der Waals surface area (Å²) in [5.74, 6) is 0.540. The van der Waals surface area contributed by atoms with Crippen LogP contribution in [0, 0.1) is 0 Å². The van der Waals surface area contributed by atoms with Crippen molar-refractivity contribution in [3.05, 3.63) is 17.2 Å². The van der Waals surface area contributed by atoms with E-state index in [1.807, 2.05) is 0 Å². The number of Topliss-reactive ketones (excluding diaryl/α,β-unsaturated/α-hetero) is 1. The van der Waals surface area contributed by atoms with Crippen molar-refractivity contribution in [2.75, 3.05) is 14.2 Å². The zero-order chi connectivity index (χ0) is 15.9. The number of ether oxygens (including phenoxy) is 3. The molecule has 1 heterocycles. The minimum absolute atomic E-state index is 0.196. The Balaban J connectivity index is 2.81. The van der Waals surface area contributed by atoms with Gasteiger partial charge in [0.2, 0.25) is 0 Å². The van der Waals surface area contributed by atoms with Crippen LogP contribution < -0.4 is 14.2 Å². The number of benzene rings is 1. The van der Waals surface area contributed by atoms with Gasteiger partial charge in [0.25, 0.3) is 0 Å². The van der Waals surface area contributed by atoms with E-state index in [-0.39, 0.29) is 22.7 Å². The van der Waals surface area contributed by atoms with Crippen molar-refractivity contribution in [3.8, 4) is 17.2 Å². The molecule has 0 aliphatic carbocycles. The van der Waals surface area contributed by atoms with Crippen LogP contribution in [0.3, 0.4) is 0 Å². The van der Waals surface area contributed by atoms with Crippen molar-refractivity contribution < 1.29 is 29.2 Å². The summed E-state index contributed by atoms with van der Waals surface area (Å²) in [4.78, 5) is 12.0. The molecule has 0 aromatic heterocycles. The summed E-state index contributed by atoms with van der Waals surface area (Å²) in [6, 6.07) is 1.51. The number of hydrogen-bond donors (Lipinski definition) is 2. The van der Waals surface area contributed by atoms with Gasteiger partial charge in [0.1, 0.15) is 40.6 Å². The van der Waals surface area contributed by atoms with E-state index in [9.17, 15) is 15.0 Å². The average molecular weight is 296 g/mol. The van der Waals surface area contributed by atoms with Gasteiger partial charge in [-0.1, -0.05) is 0 Å². The topological polar surface area (TPSA) is 85.2 Å². The fourth-order valence-corrected chi connectivity index (χ4v) is 2.54. The van der Waals surface area contributed by atoms with Gasteiger partial charge in [-0.3, -0.25) is 4.79 Å². The molecule has 0 bridgehead atoms. The SMILES string of the molecule is COc1cc(OC)c2c(c1C(C)=O)OC(C)(C)C(O)C2O. The molecule has 1 aliphatic rings. The van der Waals surface area contributed by atoms with Crippen molar-refractivity contribution in [1.29, 1.82) is 0 Å². The van der Waals surface area contributed by atoms with Crippen molar-refractivity contribution in [1.82, 2.24) is 0 Å². The molecule has 2 atom stereocenters. The van der Waals surface area contributed by atoms with E-state index in [0.29, 0.717) is 11.5 Å². The Labute approximate surface area is 123 Å². The summed E-state index contributed by atoms with van der Waals surface area (Å²) >= 11 is 0. The lowest BCUT2D eigenvalue weighted by atomic mass is 9.86. The lowest BCUT2D eigenvalue weighted by Gasteiger charge is -2.41. The van der Waals surface area contributed by atoms with Crippen LogP contribution in [0.4, 0.5) is 0 Å². The quantitative estimate of drug-likeness (QED) is 0.822. The fraction of sp³-hybridized carbons (Fsp3) is 0.533. The number of rotatable bonds is 3. The van der Waals surface area contributed by atoms with Gasteiger partial charge < -0.3 is 24.4 Å². The molecule has 6 heteroatoms. The first-order valence-electron chi connectivity index (χ1n) is 6.59. The highest BCUT2D eigenvalue weighted by atomic mass is 16.5. The van der Waals surface area contributed by atoms with E-state index in [1.165, 1.54) is 27.2 Å². The zero-order valence-corrected chi connectivity index (χ0v) is 12.8. The molecule has 2 N–H and O–H groups in total. The van der Waals surface area contributed by atoms with Crippen LogP contribution in [0.5, 0.6) is 17.2 Å². The second-order valence-electron chi connectivity index (χ2n) is 5.55. The van der Waals surface area contributed by atoms with Crippen LogP contribution in [0.25, 0.3) is 0 Å². The monoisotopic (exact) mass is 296 g/mol. The van der Waals surface area contributed by atoms with Gasteiger partial charge in [0.15, 0.2) is 5.78 Å². The Bertz CT molecular complexity index is 578. The Kier molecular flexibility index (Phi) is 3.86. The second-order valence-corrected chi connectivity index (χ2v) is 5.55. The summed E-state index contributed by atoms with van der Waals surface area (Å²) in [5.41, 5.74) is -0.559.